The van der Waals surface area contributed by atoms with E-state index in [1.807, 2.05) is 18.3 Å². The zero-order chi connectivity index (χ0) is 13.3. The smallest absolute Gasteiger partial charge is 0.183 e. The molecule has 1 spiro atoms. The van der Waals surface area contributed by atoms with Crippen LogP contribution in [0.1, 0.15) is 12.8 Å². The van der Waals surface area contributed by atoms with Crippen molar-refractivity contribution >= 4 is 23.1 Å². The lowest BCUT2D eigenvalue weighted by Gasteiger charge is -2.54. The van der Waals surface area contributed by atoms with E-state index in [9.17, 15) is 0 Å². The van der Waals surface area contributed by atoms with Crippen LogP contribution < -0.4 is 16.2 Å². The highest BCUT2D eigenvalue weighted by Gasteiger charge is 2.45. The van der Waals surface area contributed by atoms with Crippen LogP contribution in [0.2, 0.25) is 0 Å². The second kappa shape index (κ2) is 4.94. The Kier molecular flexibility index (Phi) is 3.28. The number of nitrogens with two attached hydrogens (primary N) is 1. The molecule has 5 nitrogen and oxygen atoms in total. The molecule has 6 heteroatoms. The molecule has 1 aromatic rings. The van der Waals surface area contributed by atoms with Crippen LogP contribution in [0.5, 0.6) is 0 Å². The monoisotopic (exact) mass is 277 g/mol. The summed E-state index contributed by atoms with van der Waals surface area (Å²) in [4.78, 5) is 8.93. The van der Waals surface area contributed by atoms with E-state index >= 15 is 0 Å². The largest absolute Gasteiger partial charge is 0.357 e. The SMILES string of the molecule is NNC(=S)N1CC2(CCN(c3ccccn3)CC2)C1. The van der Waals surface area contributed by atoms with E-state index in [2.05, 4.69) is 26.3 Å². The zero-order valence-electron chi connectivity index (χ0n) is 10.9. The Morgan fingerprint density at radius 1 is 1.32 bits per heavy atom. The van der Waals surface area contributed by atoms with E-state index in [0.29, 0.717) is 10.5 Å². The fraction of sp³-hybridized carbons (Fsp3) is 0.538. The van der Waals surface area contributed by atoms with Gasteiger partial charge in [0.15, 0.2) is 5.11 Å². The van der Waals surface area contributed by atoms with Crippen molar-refractivity contribution in [3.63, 3.8) is 0 Å². The van der Waals surface area contributed by atoms with E-state index in [0.717, 1.165) is 32.0 Å². The summed E-state index contributed by atoms with van der Waals surface area (Å²) in [5.74, 6) is 6.44. The maximum atomic E-state index is 5.35. The van der Waals surface area contributed by atoms with Crippen molar-refractivity contribution in [2.24, 2.45) is 11.3 Å². The van der Waals surface area contributed by atoms with Crippen molar-refractivity contribution < 1.29 is 0 Å². The maximum Gasteiger partial charge on any atom is 0.183 e. The number of rotatable bonds is 1. The Morgan fingerprint density at radius 3 is 2.63 bits per heavy atom. The number of pyridine rings is 1. The molecule has 2 aliphatic heterocycles. The number of piperidine rings is 1. The molecule has 0 unspecified atom stereocenters. The van der Waals surface area contributed by atoms with Gasteiger partial charge in [-0.25, -0.2) is 10.8 Å². The minimum Gasteiger partial charge on any atom is -0.357 e. The fourth-order valence-corrected chi connectivity index (χ4v) is 3.19. The van der Waals surface area contributed by atoms with E-state index in [1.54, 1.807) is 0 Å². The summed E-state index contributed by atoms with van der Waals surface area (Å²) < 4.78 is 0. The van der Waals surface area contributed by atoms with Gasteiger partial charge in [0.2, 0.25) is 0 Å². The molecular formula is C13H19N5S. The minimum atomic E-state index is 0.437. The number of aromatic nitrogens is 1. The highest BCUT2D eigenvalue weighted by Crippen LogP contribution is 2.40. The first kappa shape index (κ1) is 12.6. The Hall–Kier alpha value is -1.40. The van der Waals surface area contributed by atoms with Gasteiger partial charge < -0.3 is 15.2 Å². The second-order valence-corrected chi connectivity index (χ2v) is 5.87. The number of likely N-dealkylation sites (tertiary alicyclic amines) is 1. The molecule has 3 rings (SSSR count). The van der Waals surface area contributed by atoms with Crippen LogP contribution in [0.4, 0.5) is 5.82 Å². The Labute approximate surface area is 118 Å². The first-order valence-corrected chi connectivity index (χ1v) is 7.05. The van der Waals surface area contributed by atoms with E-state index in [1.165, 1.54) is 12.8 Å². The van der Waals surface area contributed by atoms with Gasteiger partial charge in [0.1, 0.15) is 5.82 Å². The molecule has 0 saturated carbocycles. The molecule has 3 N–H and O–H groups in total. The van der Waals surface area contributed by atoms with Crippen molar-refractivity contribution in [2.75, 3.05) is 31.1 Å². The van der Waals surface area contributed by atoms with E-state index in [-0.39, 0.29) is 0 Å². The number of hydrazine groups is 1. The summed E-state index contributed by atoms with van der Waals surface area (Å²) in [7, 11) is 0. The molecule has 1 aromatic heterocycles. The molecule has 3 heterocycles. The summed E-state index contributed by atoms with van der Waals surface area (Å²) in [6.45, 7) is 4.22. The molecule has 2 aliphatic rings. The maximum absolute atomic E-state index is 5.35. The molecule has 0 aliphatic carbocycles. The number of thiocarbonyl (C=S) groups is 1. The highest BCUT2D eigenvalue weighted by atomic mass is 32.1. The van der Waals surface area contributed by atoms with Gasteiger partial charge in [-0.15, -0.1) is 0 Å². The molecule has 2 fully saturated rings. The summed E-state index contributed by atoms with van der Waals surface area (Å²) >= 11 is 5.15. The van der Waals surface area contributed by atoms with Crippen LogP contribution in [0.25, 0.3) is 0 Å². The quantitative estimate of drug-likeness (QED) is 0.448. The van der Waals surface area contributed by atoms with Crippen molar-refractivity contribution in [2.45, 2.75) is 12.8 Å². The second-order valence-electron chi connectivity index (χ2n) is 5.48. The number of hydrogen-bond donors (Lipinski definition) is 2. The van der Waals surface area contributed by atoms with Crippen molar-refractivity contribution in [3.05, 3.63) is 24.4 Å². The van der Waals surface area contributed by atoms with E-state index in [4.69, 9.17) is 18.1 Å². The molecule has 102 valence electrons. The number of nitrogens with zero attached hydrogens (tertiary/aromatic N) is 3. The van der Waals surface area contributed by atoms with Gasteiger partial charge in [0.25, 0.3) is 0 Å². The zero-order valence-corrected chi connectivity index (χ0v) is 11.7. The van der Waals surface area contributed by atoms with Crippen molar-refractivity contribution in [1.82, 2.24) is 15.3 Å². The predicted octanol–water partition coefficient (Wildman–Crippen LogP) is 0.732. The third-order valence-electron chi connectivity index (χ3n) is 4.26. The lowest BCUT2D eigenvalue weighted by molar-refractivity contribution is 0.0328. The Bertz CT molecular complexity index is 447. The molecule has 0 aromatic carbocycles. The average molecular weight is 277 g/mol. The van der Waals surface area contributed by atoms with Crippen LogP contribution in [0, 0.1) is 5.41 Å². The standard InChI is InChI=1S/C13H19N5S/c14-16-12(19)18-9-13(10-18)4-7-17(8-5-13)11-3-1-2-6-15-11/h1-3,6H,4-5,7-10,14H2,(H,16,19). The normalized spacial score (nSPS) is 21.1. The minimum absolute atomic E-state index is 0.437. The summed E-state index contributed by atoms with van der Waals surface area (Å²) in [6.07, 6.45) is 4.26. The molecular weight excluding hydrogens is 258 g/mol. The average Bonchev–Trinajstić information content (AvgIpc) is 2.45. The lowest BCUT2D eigenvalue weighted by Crippen LogP contribution is -2.64. The van der Waals surface area contributed by atoms with Crippen LogP contribution in [-0.4, -0.2) is 41.2 Å². The highest BCUT2D eigenvalue weighted by molar-refractivity contribution is 7.80. The van der Waals surface area contributed by atoms with Gasteiger partial charge in [0.05, 0.1) is 0 Å². The van der Waals surface area contributed by atoms with Crippen molar-refractivity contribution in [3.8, 4) is 0 Å². The first-order valence-electron chi connectivity index (χ1n) is 6.64. The van der Waals surface area contributed by atoms with Crippen molar-refractivity contribution in [1.29, 1.82) is 0 Å². The summed E-state index contributed by atoms with van der Waals surface area (Å²) in [5, 5.41) is 0.665. The van der Waals surface area contributed by atoms with Gasteiger partial charge in [-0.1, -0.05) is 6.07 Å². The molecule has 19 heavy (non-hydrogen) atoms. The molecule has 0 radical (unpaired) electrons. The number of hydrogen-bond acceptors (Lipinski definition) is 4. The molecule has 0 atom stereocenters. The van der Waals surface area contributed by atoms with Crippen LogP contribution in [0.3, 0.4) is 0 Å². The third kappa shape index (κ3) is 2.37. The Morgan fingerprint density at radius 2 is 2.05 bits per heavy atom. The van der Waals surface area contributed by atoms with Gasteiger partial charge in [-0.3, -0.25) is 0 Å². The number of nitrogens with one attached hydrogen (secondary N) is 1. The predicted molar refractivity (Wildman–Crippen MR) is 79.6 cm³/mol. The van der Waals surface area contributed by atoms with E-state index < -0.39 is 0 Å². The van der Waals surface area contributed by atoms with Gasteiger partial charge >= 0.3 is 0 Å². The summed E-state index contributed by atoms with van der Waals surface area (Å²) in [6, 6.07) is 6.08. The fourth-order valence-electron chi connectivity index (χ4n) is 3.07. The molecule has 0 amide bonds. The first-order chi connectivity index (χ1) is 9.22. The van der Waals surface area contributed by atoms with Crippen LogP contribution in [0.15, 0.2) is 24.4 Å². The third-order valence-corrected chi connectivity index (χ3v) is 4.64. The van der Waals surface area contributed by atoms with Crippen LogP contribution in [-0.2, 0) is 0 Å². The number of anilines is 1. The van der Waals surface area contributed by atoms with Gasteiger partial charge in [-0.2, -0.15) is 0 Å². The lowest BCUT2D eigenvalue weighted by atomic mass is 9.72. The molecule has 0 bridgehead atoms. The Balaban J connectivity index is 1.55. The topological polar surface area (TPSA) is 57.4 Å². The van der Waals surface area contributed by atoms with Crippen LogP contribution >= 0.6 is 12.2 Å². The summed E-state index contributed by atoms with van der Waals surface area (Å²) in [5.41, 5.74) is 3.00. The molecule has 2 saturated heterocycles. The van der Waals surface area contributed by atoms with Gasteiger partial charge in [-0.05, 0) is 37.2 Å². The van der Waals surface area contributed by atoms with Gasteiger partial charge in [0, 0.05) is 37.8 Å².